The molecular weight excluding hydrogens is 347 g/mol. The first-order chi connectivity index (χ1) is 12.0. The fourth-order valence-electron chi connectivity index (χ4n) is 2.18. The topological polar surface area (TPSA) is 77.9 Å². The summed E-state index contributed by atoms with van der Waals surface area (Å²) in [5.41, 5.74) is 1.71. The third-order valence-corrected chi connectivity index (χ3v) is 3.56. The number of Topliss-reactive ketones (excluding diaryl/α,β-unsaturated/α-hetero) is 1. The lowest BCUT2D eigenvalue weighted by atomic mass is 10.1. The smallest absolute Gasteiger partial charge is 0.316 e. The highest BCUT2D eigenvalue weighted by atomic mass is 35.5. The number of hydrogen-bond donors (Lipinski definition) is 0. The molecule has 0 aliphatic heterocycles. The van der Waals surface area contributed by atoms with E-state index in [2.05, 4.69) is 19.9 Å². The Balaban J connectivity index is 1.83. The molecule has 6 nitrogen and oxygen atoms in total. The molecule has 0 saturated carbocycles. The summed E-state index contributed by atoms with van der Waals surface area (Å²) in [6.45, 7) is 0. The van der Waals surface area contributed by atoms with E-state index in [4.69, 9.17) is 16.3 Å². The first-order valence-corrected chi connectivity index (χ1v) is 7.59. The number of hydrogen-bond acceptors (Lipinski definition) is 6. The lowest BCUT2D eigenvalue weighted by Crippen LogP contribution is -2.07. The van der Waals surface area contributed by atoms with Gasteiger partial charge in [0.15, 0.2) is 5.78 Å². The highest BCUT2D eigenvalue weighted by Crippen LogP contribution is 2.23. The number of ketones is 1. The summed E-state index contributed by atoms with van der Waals surface area (Å²) in [6, 6.07) is 5.78. The zero-order chi connectivity index (χ0) is 17.8. The summed E-state index contributed by atoms with van der Waals surface area (Å²) in [4.78, 5) is 28.4. The Morgan fingerprint density at radius 2 is 1.88 bits per heavy atom. The van der Waals surface area contributed by atoms with Crippen LogP contribution in [0, 0.1) is 5.82 Å². The average Bonchev–Trinajstić information content (AvgIpc) is 2.61. The van der Waals surface area contributed by atoms with Crippen LogP contribution in [-0.4, -0.2) is 32.8 Å². The molecule has 126 valence electrons. The van der Waals surface area contributed by atoms with Crippen LogP contribution in [0.2, 0.25) is 5.02 Å². The van der Waals surface area contributed by atoms with Gasteiger partial charge in [-0.1, -0.05) is 11.6 Å². The van der Waals surface area contributed by atoms with Crippen LogP contribution in [0.25, 0.3) is 11.3 Å². The Morgan fingerprint density at radius 3 is 2.56 bits per heavy atom. The van der Waals surface area contributed by atoms with E-state index < -0.39 is 5.82 Å². The van der Waals surface area contributed by atoms with Gasteiger partial charge in [0.05, 0.1) is 12.8 Å². The molecule has 3 rings (SSSR count). The number of rotatable bonds is 5. The predicted molar refractivity (Wildman–Crippen MR) is 89.1 cm³/mol. The van der Waals surface area contributed by atoms with Crippen molar-refractivity contribution < 1.29 is 13.9 Å². The van der Waals surface area contributed by atoms with E-state index in [0.717, 1.165) is 0 Å². The Kier molecular flexibility index (Phi) is 4.95. The average molecular weight is 359 g/mol. The fourth-order valence-corrected chi connectivity index (χ4v) is 2.41. The summed E-state index contributed by atoms with van der Waals surface area (Å²) < 4.78 is 18.4. The lowest BCUT2D eigenvalue weighted by Gasteiger charge is -2.05. The van der Waals surface area contributed by atoms with Crippen LogP contribution in [0.4, 0.5) is 4.39 Å². The van der Waals surface area contributed by atoms with Crippen LogP contribution in [0.5, 0.6) is 6.01 Å². The number of carbonyl (C=O) groups is 1. The fraction of sp³-hybridized carbons (Fsp3) is 0.118. The van der Waals surface area contributed by atoms with Crippen LogP contribution < -0.4 is 4.74 Å². The molecule has 2 heterocycles. The van der Waals surface area contributed by atoms with Crippen LogP contribution in [-0.2, 0) is 6.42 Å². The monoisotopic (exact) mass is 358 g/mol. The molecule has 2 aromatic heterocycles. The molecule has 0 aliphatic carbocycles. The molecule has 0 bridgehead atoms. The van der Waals surface area contributed by atoms with Gasteiger partial charge in [-0.15, -0.1) is 0 Å². The van der Waals surface area contributed by atoms with Crippen molar-refractivity contribution in [3.63, 3.8) is 0 Å². The van der Waals surface area contributed by atoms with E-state index in [-0.39, 0.29) is 28.9 Å². The summed E-state index contributed by atoms with van der Waals surface area (Å²) in [5, 5.41) is 0.247. The number of methoxy groups -OCH3 is 1. The van der Waals surface area contributed by atoms with E-state index in [1.807, 2.05) is 0 Å². The zero-order valence-electron chi connectivity index (χ0n) is 13.1. The molecule has 1 aromatic carbocycles. The second kappa shape index (κ2) is 7.31. The van der Waals surface area contributed by atoms with Gasteiger partial charge in [0.1, 0.15) is 17.8 Å². The molecule has 0 N–H and O–H groups in total. The molecule has 3 aromatic rings. The number of carbonyl (C=O) groups excluding carboxylic acids is 1. The standard InChI is InChI=1S/C17H12ClFN4O2/c1-25-17-20-7-10(8-21-17)2-16(24)15-6-14(22-9-23-15)11-3-12(18)5-13(19)4-11/h3-9H,2H2,1H3. The van der Waals surface area contributed by atoms with Crippen molar-refractivity contribution in [1.29, 1.82) is 0 Å². The third kappa shape index (κ3) is 4.13. The van der Waals surface area contributed by atoms with Crippen molar-refractivity contribution in [3.8, 4) is 17.3 Å². The van der Waals surface area contributed by atoms with Gasteiger partial charge in [0, 0.05) is 29.4 Å². The Hall–Kier alpha value is -2.93. The molecule has 0 fully saturated rings. The molecule has 0 spiro atoms. The predicted octanol–water partition coefficient (Wildman–Crippen LogP) is 3.16. The molecule has 0 saturated heterocycles. The van der Waals surface area contributed by atoms with Crippen molar-refractivity contribution in [3.05, 3.63) is 65.1 Å². The highest BCUT2D eigenvalue weighted by Gasteiger charge is 2.12. The van der Waals surface area contributed by atoms with Crippen molar-refractivity contribution in [2.45, 2.75) is 6.42 Å². The van der Waals surface area contributed by atoms with E-state index in [9.17, 15) is 9.18 Å². The van der Waals surface area contributed by atoms with Gasteiger partial charge in [-0.25, -0.2) is 24.3 Å². The maximum Gasteiger partial charge on any atom is 0.316 e. The minimum Gasteiger partial charge on any atom is -0.467 e. The number of nitrogens with zero attached hydrogens (tertiary/aromatic N) is 4. The molecule has 0 radical (unpaired) electrons. The second-order valence-corrected chi connectivity index (χ2v) is 5.56. The SMILES string of the molecule is COc1ncc(CC(=O)c2cc(-c3cc(F)cc(Cl)c3)ncn2)cn1. The second-order valence-electron chi connectivity index (χ2n) is 5.12. The molecular formula is C17H12ClFN4O2. The molecule has 0 amide bonds. The van der Waals surface area contributed by atoms with Gasteiger partial charge < -0.3 is 4.74 Å². The molecule has 0 atom stereocenters. The summed E-state index contributed by atoms with van der Waals surface area (Å²) in [6.07, 6.45) is 4.35. The quantitative estimate of drug-likeness (QED) is 0.652. The maximum absolute atomic E-state index is 13.5. The van der Waals surface area contributed by atoms with Gasteiger partial charge in [-0.05, 0) is 29.8 Å². The van der Waals surface area contributed by atoms with Gasteiger partial charge in [-0.2, -0.15) is 0 Å². The van der Waals surface area contributed by atoms with Crippen molar-refractivity contribution in [1.82, 2.24) is 19.9 Å². The van der Waals surface area contributed by atoms with E-state index in [0.29, 0.717) is 16.8 Å². The minimum atomic E-state index is -0.482. The van der Waals surface area contributed by atoms with Crippen LogP contribution >= 0.6 is 11.6 Å². The Morgan fingerprint density at radius 1 is 1.12 bits per heavy atom. The Bertz CT molecular complexity index is 899. The lowest BCUT2D eigenvalue weighted by molar-refractivity contribution is 0.0988. The van der Waals surface area contributed by atoms with Gasteiger partial charge in [-0.3, -0.25) is 4.79 Å². The van der Waals surface area contributed by atoms with Crippen LogP contribution in [0.3, 0.4) is 0 Å². The number of halogens is 2. The minimum absolute atomic E-state index is 0.0738. The van der Waals surface area contributed by atoms with E-state index in [1.165, 1.54) is 44.0 Å². The van der Waals surface area contributed by atoms with E-state index in [1.54, 1.807) is 6.07 Å². The first-order valence-electron chi connectivity index (χ1n) is 7.22. The van der Waals surface area contributed by atoms with Crippen molar-refractivity contribution in [2.75, 3.05) is 7.11 Å². The van der Waals surface area contributed by atoms with Crippen molar-refractivity contribution >= 4 is 17.4 Å². The van der Waals surface area contributed by atoms with Crippen LogP contribution in [0.1, 0.15) is 16.1 Å². The molecule has 0 aliphatic rings. The van der Waals surface area contributed by atoms with Crippen molar-refractivity contribution in [2.24, 2.45) is 0 Å². The maximum atomic E-state index is 13.5. The van der Waals surface area contributed by atoms with Gasteiger partial charge >= 0.3 is 6.01 Å². The largest absolute Gasteiger partial charge is 0.467 e. The number of aromatic nitrogens is 4. The Labute approximate surface area is 147 Å². The summed E-state index contributed by atoms with van der Waals surface area (Å²) in [5.74, 6) is -0.718. The first kappa shape index (κ1) is 16.9. The normalized spacial score (nSPS) is 10.5. The molecule has 25 heavy (non-hydrogen) atoms. The third-order valence-electron chi connectivity index (χ3n) is 3.34. The molecule has 8 heteroatoms. The summed E-state index contributed by atoms with van der Waals surface area (Å²) in [7, 11) is 1.46. The zero-order valence-corrected chi connectivity index (χ0v) is 13.9. The van der Waals surface area contributed by atoms with Crippen LogP contribution in [0.15, 0.2) is 43.0 Å². The summed E-state index contributed by atoms with van der Waals surface area (Å²) >= 11 is 5.86. The van der Waals surface area contributed by atoms with Gasteiger partial charge in [0.25, 0.3) is 0 Å². The molecule has 0 unspecified atom stereocenters. The van der Waals surface area contributed by atoms with Gasteiger partial charge in [0.2, 0.25) is 0 Å². The highest BCUT2D eigenvalue weighted by molar-refractivity contribution is 6.30. The number of ether oxygens (including phenoxy) is 1. The van der Waals surface area contributed by atoms with E-state index >= 15 is 0 Å². The number of benzene rings is 1.